The lowest BCUT2D eigenvalue weighted by molar-refractivity contribution is 0.359. The van der Waals surface area contributed by atoms with E-state index in [1.165, 1.54) is 4.68 Å². The summed E-state index contributed by atoms with van der Waals surface area (Å²) in [5, 5.41) is 4.16. The number of rotatable bonds is 5. The number of benzene rings is 1. The predicted octanol–water partition coefficient (Wildman–Crippen LogP) is 1.35. The van der Waals surface area contributed by atoms with Gasteiger partial charge in [-0.05, 0) is 43.5 Å². The highest BCUT2D eigenvalue weighted by Crippen LogP contribution is 2.34. The van der Waals surface area contributed by atoms with Crippen molar-refractivity contribution in [2.45, 2.75) is 30.2 Å². The maximum Gasteiger partial charge on any atom is 0.241 e. The van der Waals surface area contributed by atoms with Gasteiger partial charge in [-0.2, -0.15) is 5.10 Å². The second kappa shape index (κ2) is 6.86. The number of piperidine rings is 1. The fourth-order valence-electron chi connectivity index (χ4n) is 4.33. The van der Waals surface area contributed by atoms with Crippen molar-refractivity contribution in [1.29, 1.82) is 0 Å². The molecule has 2 bridgehead atoms. The van der Waals surface area contributed by atoms with Gasteiger partial charge >= 0.3 is 0 Å². The van der Waals surface area contributed by atoms with Gasteiger partial charge in [-0.1, -0.05) is 6.07 Å². The number of hydrogen-bond donors (Lipinski definition) is 2. The maximum absolute atomic E-state index is 13.2. The standard InChI is InChI=1S/C20H23N7O2S/c1-14-3-4-15(30(28,29)25-20-5-9-26(13-20)10-6-20)11-16(14)17-12-22-18(21)19(24-17)27-8-2-7-23-27/h2-4,7-8,11-12,25H,5-6,9-10,13H2,1H3,(H2,21,22). The highest BCUT2D eigenvalue weighted by atomic mass is 32.2. The second-order valence-corrected chi connectivity index (χ2v) is 9.74. The molecule has 2 aliphatic rings. The van der Waals surface area contributed by atoms with E-state index in [9.17, 15) is 8.42 Å². The first-order valence-electron chi connectivity index (χ1n) is 9.85. The van der Waals surface area contributed by atoms with E-state index in [1.54, 1.807) is 42.9 Å². The van der Waals surface area contributed by atoms with Gasteiger partial charge in [-0.25, -0.2) is 27.8 Å². The van der Waals surface area contributed by atoms with Crippen LogP contribution >= 0.6 is 0 Å². The number of nitrogens with two attached hydrogens (primary N) is 1. The first-order chi connectivity index (χ1) is 14.4. The minimum atomic E-state index is -3.66. The van der Waals surface area contributed by atoms with Crippen LogP contribution in [-0.4, -0.2) is 58.2 Å². The van der Waals surface area contributed by atoms with Crippen LogP contribution in [0.5, 0.6) is 0 Å². The number of nitrogens with zero attached hydrogens (tertiary/aromatic N) is 5. The second-order valence-electron chi connectivity index (χ2n) is 8.05. The number of aryl methyl sites for hydroxylation is 1. The molecule has 9 nitrogen and oxygen atoms in total. The number of anilines is 1. The molecule has 4 heterocycles. The molecule has 0 saturated carbocycles. The van der Waals surface area contributed by atoms with Gasteiger partial charge in [0.25, 0.3) is 0 Å². The minimum absolute atomic E-state index is 0.224. The van der Waals surface area contributed by atoms with Crippen LogP contribution in [0.1, 0.15) is 18.4 Å². The van der Waals surface area contributed by atoms with E-state index in [4.69, 9.17) is 5.73 Å². The van der Waals surface area contributed by atoms with Crippen LogP contribution in [-0.2, 0) is 10.0 Å². The molecule has 156 valence electrons. The Bertz CT molecular complexity index is 1200. The van der Waals surface area contributed by atoms with Gasteiger partial charge in [-0.3, -0.25) is 0 Å². The molecule has 0 radical (unpaired) electrons. The molecule has 2 fully saturated rings. The van der Waals surface area contributed by atoms with Crippen molar-refractivity contribution in [2.75, 3.05) is 25.4 Å². The zero-order valence-electron chi connectivity index (χ0n) is 16.6. The summed E-state index contributed by atoms with van der Waals surface area (Å²) in [5.74, 6) is 0.649. The molecule has 10 heteroatoms. The van der Waals surface area contributed by atoms with Crippen LogP contribution in [0.2, 0.25) is 0 Å². The molecule has 0 atom stereocenters. The molecule has 0 unspecified atom stereocenters. The molecule has 5 rings (SSSR count). The molecule has 0 spiro atoms. The SMILES string of the molecule is Cc1ccc(S(=O)(=O)NC23CCN(CC2)C3)cc1-c1cnc(N)c(-n2cccn2)n1. The fraction of sp³-hybridized carbons (Fsp3) is 0.350. The van der Waals surface area contributed by atoms with Crippen molar-refractivity contribution in [3.63, 3.8) is 0 Å². The Balaban J connectivity index is 1.52. The number of sulfonamides is 1. The normalized spacial score (nSPS) is 23.2. The fourth-order valence-corrected chi connectivity index (χ4v) is 5.81. The van der Waals surface area contributed by atoms with Crippen LogP contribution in [0.15, 0.2) is 47.8 Å². The molecule has 0 amide bonds. The van der Waals surface area contributed by atoms with Crippen LogP contribution < -0.4 is 10.5 Å². The first kappa shape index (κ1) is 19.2. The van der Waals surface area contributed by atoms with Gasteiger partial charge in [0.2, 0.25) is 10.0 Å². The van der Waals surface area contributed by atoms with Gasteiger partial charge in [0.15, 0.2) is 11.6 Å². The number of nitrogens with one attached hydrogen (secondary N) is 1. The van der Waals surface area contributed by atoms with Crippen molar-refractivity contribution in [3.8, 4) is 17.1 Å². The lowest BCUT2D eigenvalue weighted by atomic mass is 9.97. The molecule has 1 aromatic carbocycles. The van der Waals surface area contributed by atoms with Gasteiger partial charge in [0, 0.05) is 43.1 Å². The van der Waals surface area contributed by atoms with E-state index in [0.717, 1.165) is 38.0 Å². The molecule has 3 N–H and O–H groups in total. The van der Waals surface area contributed by atoms with E-state index in [-0.39, 0.29) is 16.3 Å². The van der Waals surface area contributed by atoms with Crippen molar-refractivity contribution < 1.29 is 8.42 Å². The van der Waals surface area contributed by atoms with E-state index in [1.807, 2.05) is 6.92 Å². The Hall–Kier alpha value is -2.82. The Morgan fingerprint density at radius 3 is 2.70 bits per heavy atom. The van der Waals surface area contributed by atoms with Crippen LogP contribution in [0.3, 0.4) is 0 Å². The van der Waals surface area contributed by atoms with Gasteiger partial charge < -0.3 is 10.6 Å². The summed E-state index contributed by atoms with van der Waals surface area (Å²) in [6.45, 7) is 4.58. The third-order valence-electron chi connectivity index (χ3n) is 5.99. The van der Waals surface area contributed by atoms with E-state index < -0.39 is 10.0 Å². The van der Waals surface area contributed by atoms with E-state index in [2.05, 4.69) is 24.7 Å². The molecular formula is C20H23N7O2S. The number of fused-ring (bicyclic) bond motifs is 2. The summed E-state index contributed by atoms with van der Waals surface area (Å²) in [7, 11) is -3.66. The van der Waals surface area contributed by atoms with Crippen molar-refractivity contribution >= 4 is 15.8 Å². The minimum Gasteiger partial charge on any atom is -0.381 e. The van der Waals surface area contributed by atoms with Crippen LogP contribution in [0.25, 0.3) is 17.1 Å². The average Bonchev–Trinajstić information content (AvgIpc) is 3.46. The number of hydrogen-bond acceptors (Lipinski definition) is 7. The third kappa shape index (κ3) is 3.26. The molecule has 2 aliphatic heterocycles. The van der Waals surface area contributed by atoms with Crippen molar-refractivity contribution in [3.05, 3.63) is 48.4 Å². The Kier molecular flexibility index (Phi) is 4.38. The summed E-state index contributed by atoms with van der Waals surface area (Å²) in [6, 6.07) is 6.86. The lowest BCUT2D eigenvalue weighted by Crippen LogP contribution is -2.47. The van der Waals surface area contributed by atoms with Gasteiger partial charge in [-0.15, -0.1) is 0 Å². The summed E-state index contributed by atoms with van der Waals surface area (Å²) < 4.78 is 30.9. The number of aromatic nitrogens is 4. The predicted molar refractivity (Wildman–Crippen MR) is 112 cm³/mol. The smallest absolute Gasteiger partial charge is 0.241 e. The zero-order chi connectivity index (χ0) is 20.9. The lowest BCUT2D eigenvalue weighted by Gasteiger charge is -2.26. The van der Waals surface area contributed by atoms with Crippen molar-refractivity contribution in [2.24, 2.45) is 0 Å². The Morgan fingerprint density at radius 1 is 1.23 bits per heavy atom. The summed E-state index contributed by atoms with van der Waals surface area (Å²) in [5.41, 5.74) is 7.75. The van der Waals surface area contributed by atoms with E-state index in [0.29, 0.717) is 17.1 Å². The molecule has 2 aromatic heterocycles. The zero-order valence-corrected chi connectivity index (χ0v) is 17.4. The first-order valence-corrected chi connectivity index (χ1v) is 11.3. The van der Waals surface area contributed by atoms with Crippen molar-refractivity contribution in [1.82, 2.24) is 29.4 Å². The summed E-state index contributed by atoms with van der Waals surface area (Å²) >= 11 is 0. The Morgan fingerprint density at radius 2 is 2.03 bits per heavy atom. The molecule has 30 heavy (non-hydrogen) atoms. The largest absolute Gasteiger partial charge is 0.381 e. The van der Waals surface area contributed by atoms with Gasteiger partial charge in [0.1, 0.15) is 0 Å². The molecule has 0 aliphatic carbocycles. The maximum atomic E-state index is 13.2. The quantitative estimate of drug-likeness (QED) is 0.633. The monoisotopic (exact) mass is 425 g/mol. The summed E-state index contributed by atoms with van der Waals surface area (Å²) in [6.07, 6.45) is 6.61. The highest BCUT2D eigenvalue weighted by molar-refractivity contribution is 7.89. The topological polar surface area (TPSA) is 119 Å². The molecular weight excluding hydrogens is 402 g/mol. The van der Waals surface area contributed by atoms with Crippen LogP contribution in [0, 0.1) is 6.92 Å². The summed E-state index contributed by atoms with van der Waals surface area (Å²) in [4.78, 5) is 11.4. The molecule has 2 saturated heterocycles. The van der Waals surface area contributed by atoms with Gasteiger partial charge in [0.05, 0.1) is 16.8 Å². The molecule has 3 aromatic rings. The Labute approximate surface area is 175 Å². The van der Waals surface area contributed by atoms with Crippen LogP contribution in [0.4, 0.5) is 5.82 Å². The third-order valence-corrected chi connectivity index (χ3v) is 7.56. The highest BCUT2D eigenvalue weighted by Gasteiger charge is 2.46. The van der Waals surface area contributed by atoms with E-state index >= 15 is 0 Å². The average molecular weight is 426 g/mol. The number of nitrogen functional groups attached to an aromatic ring is 1.